The van der Waals surface area contributed by atoms with E-state index in [1.54, 1.807) is 0 Å². The summed E-state index contributed by atoms with van der Waals surface area (Å²) in [4.78, 5) is 12.2. The van der Waals surface area contributed by atoms with Crippen molar-refractivity contribution in [2.24, 2.45) is 0 Å². The van der Waals surface area contributed by atoms with E-state index >= 15 is 0 Å². The van der Waals surface area contributed by atoms with Crippen LogP contribution < -0.4 is 0 Å². The third-order valence-electron chi connectivity index (χ3n) is 3.89. The van der Waals surface area contributed by atoms with Crippen molar-refractivity contribution in [3.8, 4) is 0 Å². The third kappa shape index (κ3) is 2.37. The van der Waals surface area contributed by atoms with Crippen LogP contribution >= 0.6 is 0 Å². The predicted octanol–water partition coefficient (Wildman–Crippen LogP) is 2.92. The number of benzene rings is 2. The summed E-state index contributed by atoms with van der Waals surface area (Å²) in [5, 5.41) is 0. The summed E-state index contributed by atoms with van der Waals surface area (Å²) in [6, 6.07) is 15.4. The lowest BCUT2D eigenvalue weighted by atomic mass is 10.0. The summed E-state index contributed by atoms with van der Waals surface area (Å²) < 4.78 is 24.0. The highest BCUT2D eigenvalue weighted by atomic mass is 19.1. The Morgan fingerprint density at radius 2 is 1.62 bits per heavy atom. The Morgan fingerprint density at radius 1 is 0.905 bits per heavy atom. The molecule has 4 unspecified atom stereocenters. The van der Waals surface area contributed by atoms with Crippen LogP contribution in [0.15, 0.2) is 54.6 Å². The summed E-state index contributed by atoms with van der Waals surface area (Å²) >= 11 is 0. The fourth-order valence-corrected chi connectivity index (χ4v) is 2.65. The molecule has 0 radical (unpaired) electrons. The second-order valence-electron chi connectivity index (χ2n) is 5.32. The molecule has 2 fully saturated rings. The van der Waals surface area contributed by atoms with E-state index in [1.807, 2.05) is 30.3 Å². The van der Waals surface area contributed by atoms with E-state index in [2.05, 4.69) is 0 Å². The topological polar surface area (TPSA) is 42.1 Å². The molecule has 0 aliphatic carbocycles. The number of carbonyl (C=O) groups is 1. The molecule has 2 heterocycles. The number of carbonyl (C=O) groups excluding carboxylic acids is 1. The van der Waals surface area contributed by atoms with E-state index in [0.717, 1.165) is 5.56 Å². The first-order valence-corrected chi connectivity index (χ1v) is 6.90. The minimum Gasteiger partial charge on any atom is -0.362 e. The van der Waals surface area contributed by atoms with Gasteiger partial charge in [0.1, 0.15) is 30.2 Å². The Hall–Kier alpha value is -2.04. The highest BCUT2D eigenvalue weighted by Crippen LogP contribution is 2.48. The van der Waals surface area contributed by atoms with Crippen LogP contribution in [0.4, 0.5) is 4.39 Å². The van der Waals surface area contributed by atoms with Gasteiger partial charge < -0.3 is 9.47 Å². The van der Waals surface area contributed by atoms with Crippen LogP contribution in [-0.4, -0.2) is 24.1 Å². The molecule has 2 aliphatic rings. The van der Waals surface area contributed by atoms with Gasteiger partial charge in [-0.05, 0) is 29.8 Å². The Morgan fingerprint density at radius 3 is 2.33 bits per heavy atom. The second-order valence-corrected chi connectivity index (χ2v) is 5.32. The van der Waals surface area contributed by atoms with E-state index < -0.39 is 6.10 Å². The average Bonchev–Trinajstić information content (AvgIpc) is 3.40. The van der Waals surface area contributed by atoms with E-state index in [9.17, 15) is 9.18 Å². The largest absolute Gasteiger partial charge is 0.362 e. The molecular formula is C17H13FO3. The lowest BCUT2D eigenvalue weighted by Gasteiger charge is -1.96. The Balaban J connectivity index is 1.41. The highest BCUT2D eigenvalue weighted by molar-refractivity contribution is 6.01. The van der Waals surface area contributed by atoms with Crippen LogP contribution in [0, 0.1) is 5.82 Å². The molecule has 0 spiro atoms. The molecule has 4 rings (SSSR count). The first-order chi connectivity index (χ1) is 10.2. The van der Waals surface area contributed by atoms with Crippen molar-refractivity contribution in [1.82, 2.24) is 0 Å². The monoisotopic (exact) mass is 284 g/mol. The van der Waals surface area contributed by atoms with Crippen molar-refractivity contribution in [1.29, 1.82) is 0 Å². The lowest BCUT2D eigenvalue weighted by molar-refractivity contribution is 0.0953. The Kier molecular flexibility index (Phi) is 2.87. The second kappa shape index (κ2) is 4.76. The van der Waals surface area contributed by atoms with Crippen LogP contribution in [0.5, 0.6) is 0 Å². The SMILES string of the molecule is O=C(c1ccc(F)cc1)C1OC1C1OC1c1ccccc1. The first-order valence-electron chi connectivity index (χ1n) is 6.90. The molecule has 4 atom stereocenters. The number of epoxide rings is 2. The van der Waals surface area contributed by atoms with Crippen molar-refractivity contribution in [3.63, 3.8) is 0 Å². The molecule has 0 bridgehead atoms. The molecule has 0 amide bonds. The van der Waals surface area contributed by atoms with E-state index in [0.29, 0.717) is 5.56 Å². The van der Waals surface area contributed by atoms with Crippen molar-refractivity contribution in [2.75, 3.05) is 0 Å². The van der Waals surface area contributed by atoms with Crippen molar-refractivity contribution >= 4 is 5.78 Å². The van der Waals surface area contributed by atoms with Crippen LogP contribution in [0.25, 0.3) is 0 Å². The number of Topliss-reactive ketones (excluding diaryl/α,β-unsaturated/α-hetero) is 1. The highest BCUT2D eigenvalue weighted by Gasteiger charge is 2.60. The molecule has 2 aromatic rings. The summed E-state index contributed by atoms with van der Waals surface area (Å²) in [6.45, 7) is 0. The first kappa shape index (κ1) is 12.7. The zero-order valence-corrected chi connectivity index (χ0v) is 11.1. The van der Waals surface area contributed by atoms with Gasteiger partial charge in [0, 0.05) is 5.56 Å². The van der Waals surface area contributed by atoms with E-state index in [1.165, 1.54) is 24.3 Å². The standard InChI is InChI=1S/C17H13FO3/c18-12-8-6-10(7-9-12)13(19)15-17(21-15)16-14(20-16)11-4-2-1-3-5-11/h1-9,14-17H. The summed E-state index contributed by atoms with van der Waals surface area (Å²) in [6.07, 6.45) is -0.689. The molecule has 0 saturated carbocycles. The van der Waals surface area contributed by atoms with Crippen LogP contribution in [-0.2, 0) is 9.47 Å². The van der Waals surface area contributed by atoms with Crippen LogP contribution in [0.3, 0.4) is 0 Å². The molecule has 0 aromatic heterocycles. The third-order valence-corrected chi connectivity index (χ3v) is 3.89. The van der Waals surface area contributed by atoms with Gasteiger partial charge >= 0.3 is 0 Å². The maximum atomic E-state index is 12.9. The van der Waals surface area contributed by atoms with E-state index in [-0.39, 0.29) is 29.9 Å². The molecule has 2 aliphatic heterocycles. The molecular weight excluding hydrogens is 271 g/mol. The van der Waals surface area contributed by atoms with Gasteiger partial charge in [-0.1, -0.05) is 30.3 Å². The number of rotatable bonds is 4. The summed E-state index contributed by atoms with van der Waals surface area (Å²) in [5.41, 5.74) is 1.58. The normalized spacial score (nSPS) is 30.0. The zero-order chi connectivity index (χ0) is 14.4. The quantitative estimate of drug-likeness (QED) is 0.640. The number of hydrogen-bond donors (Lipinski definition) is 0. The van der Waals surface area contributed by atoms with Crippen molar-refractivity contribution in [3.05, 3.63) is 71.5 Å². The predicted molar refractivity (Wildman–Crippen MR) is 73.4 cm³/mol. The molecule has 106 valence electrons. The minimum atomic E-state index is -0.464. The average molecular weight is 284 g/mol. The number of ether oxygens (including phenoxy) is 2. The van der Waals surface area contributed by atoms with Gasteiger partial charge in [-0.3, -0.25) is 4.79 Å². The Labute approximate surface area is 121 Å². The van der Waals surface area contributed by atoms with Gasteiger partial charge in [0.2, 0.25) is 0 Å². The van der Waals surface area contributed by atoms with Gasteiger partial charge in [0.15, 0.2) is 5.78 Å². The molecule has 0 N–H and O–H groups in total. The van der Waals surface area contributed by atoms with Gasteiger partial charge in [0.25, 0.3) is 0 Å². The maximum absolute atomic E-state index is 12.9. The smallest absolute Gasteiger partial charge is 0.194 e. The maximum Gasteiger partial charge on any atom is 0.194 e. The van der Waals surface area contributed by atoms with Crippen molar-refractivity contribution in [2.45, 2.75) is 24.4 Å². The fourth-order valence-electron chi connectivity index (χ4n) is 2.65. The van der Waals surface area contributed by atoms with Gasteiger partial charge in [-0.25, -0.2) is 4.39 Å². The molecule has 21 heavy (non-hydrogen) atoms. The molecule has 3 nitrogen and oxygen atoms in total. The minimum absolute atomic E-state index is 0.0159. The fraction of sp³-hybridized carbons (Fsp3) is 0.235. The number of ketones is 1. The van der Waals surface area contributed by atoms with Crippen LogP contribution in [0.2, 0.25) is 0 Å². The number of halogens is 1. The van der Waals surface area contributed by atoms with Gasteiger partial charge in [-0.15, -0.1) is 0 Å². The van der Waals surface area contributed by atoms with Gasteiger partial charge in [-0.2, -0.15) is 0 Å². The van der Waals surface area contributed by atoms with Crippen LogP contribution in [0.1, 0.15) is 22.0 Å². The zero-order valence-electron chi connectivity index (χ0n) is 11.1. The van der Waals surface area contributed by atoms with Gasteiger partial charge in [0.05, 0.1) is 0 Å². The summed E-state index contributed by atoms with van der Waals surface area (Å²) in [7, 11) is 0. The molecule has 4 heteroatoms. The van der Waals surface area contributed by atoms with Crippen molar-refractivity contribution < 1.29 is 18.7 Å². The Bertz CT molecular complexity index is 668. The summed E-state index contributed by atoms with van der Waals surface area (Å²) in [5.74, 6) is -0.461. The number of hydrogen-bond acceptors (Lipinski definition) is 3. The molecule has 2 aromatic carbocycles. The molecule has 2 saturated heterocycles. The lowest BCUT2D eigenvalue weighted by Crippen LogP contribution is -2.13. The van der Waals surface area contributed by atoms with E-state index in [4.69, 9.17) is 9.47 Å².